The van der Waals surface area contributed by atoms with Crippen molar-refractivity contribution in [2.75, 3.05) is 18.5 Å². The van der Waals surface area contributed by atoms with Crippen LogP contribution in [0.2, 0.25) is 0 Å². The minimum Gasteiger partial charge on any atom is -0.379 e. The van der Waals surface area contributed by atoms with Gasteiger partial charge in [-0.2, -0.15) is 0 Å². The van der Waals surface area contributed by atoms with Crippen LogP contribution in [0.4, 0.5) is 5.69 Å². The second-order valence-corrected chi connectivity index (χ2v) is 5.86. The van der Waals surface area contributed by atoms with E-state index in [1.165, 1.54) is 30.4 Å². The van der Waals surface area contributed by atoms with E-state index in [4.69, 9.17) is 10.5 Å². The molecule has 0 aliphatic heterocycles. The van der Waals surface area contributed by atoms with Gasteiger partial charge in [0.1, 0.15) is 0 Å². The number of fused-ring (bicyclic) bond motifs is 1. The highest BCUT2D eigenvalue weighted by Crippen LogP contribution is 2.24. The molecule has 116 valence electrons. The summed E-state index contributed by atoms with van der Waals surface area (Å²) in [6, 6.07) is 6.48. The Hall–Kier alpha value is -1.55. The van der Waals surface area contributed by atoms with Crippen LogP contribution < -0.4 is 11.1 Å². The lowest BCUT2D eigenvalue weighted by molar-refractivity contribution is 0.0764. The van der Waals surface area contributed by atoms with Crippen molar-refractivity contribution in [1.82, 2.24) is 0 Å². The summed E-state index contributed by atoms with van der Waals surface area (Å²) >= 11 is 0. The Bertz CT molecular complexity index is 483. The maximum atomic E-state index is 5.92. The molecule has 0 unspecified atom stereocenters. The maximum absolute atomic E-state index is 5.92. The first kappa shape index (κ1) is 15.8. The zero-order valence-corrected chi connectivity index (χ0v) is 13.2. The number of benzene rings is 1. The van der Waals surface area contributed by atoms with E-state index in [-0.39, 0.29) is 0 Å². The molecule has 0 saturated heterocycles. The molecule has 1 aliphatic carbocycles. The third-order valence-electron chi connectivity index (χ3n) is 3.66. The minimum atomic E-state index is 0.306. The number of nitrogens with zero attached hydrogens (tertiary/aromatic N) is 1. The van der Waals surface area contributed by atoms with Gasteiger partial charge >= 0.3 is 0 Å². The molecule has 3 N–H and O–H groups in total. The van der Waals surface area contributed by atoms with Gasteiger partial charge in [-0.25, -0.2) is 0 Å². The summed E-state index contributed by atoms with van der Waals surface area (Å²) in [6.07, 6.45) is 5.98. The first-order chi connectivity index (χ1) is 10.1. The molecule has 4 heteroatoms. The fraction of sp³-hybridized carbons (Fsp3) is 0.588. The van der Waals surface area contributed by atoms with E-state index in [2.05, 4.69) is 42.4 Å². The van der Waals surface area contributed by atoms with Gasteiger partial charge in [0.15, 0.2) is 5.96 Å². The molecule has 0 saturated carbocycles. The topological polar surface area (TPSA) is 59.6 Å². The number of ether oxygens (including phenoxy) is 1. The zero-order valence-electron chi connectivity index (χ0n) is 13.2. The molecule has 0 radical (unpaired) electrons. The predicted octanol–water partition coefficient (Wildman–Crippen LogP) is 3.11. The van der Waals surface area contributed by atoms with Crippen molar-refractivity contribution < 1.29 is 4.74 Å². The molecule has 0 heterocycles. The number of rotatable bonds is 7. The molecular formula is C17H27N3O. The summed E-state index contributed by atoms with van der Waals surface area (Å²) < 4.78 is 5.49. The van der Waals surface area contributed by atoms with Crippen LogP contribution in [0.1, 0.15) is 44.2 Å². The molecule has 1 aliphatic rings. The second kappa shape index (κ2) is 8.03. The van der Waals surface area contributed by atoms with E-state index < -0.39 is 0 Å². The molecule has 0 spiro atoms. The molecule has 0 atom stereocenters. The summed E-state index contributed by atoms with van der Waals surface area (Å²) in [6.45, 7) is 5.64. The number of guanidine groups is 1. The molecule has 0 aromatic heterocycles. The highest BCUT2D eigenvalue weighted by molar-refractivity contribution is 5.92. The SMILES string of the molecule is CC(C)OCCCCN=C(N)Nc1ccc2c(c1)CCC2. The Morgan fingerprint density at radius 2 is 2.10 bits per heavy atom. The van der Waals surface area contributed by atoms with E-state index in [0.29, 0.717) is 12.1 Å². The average molecular weight is 289 g/mol. The van der Waals surface area contributed by atoms with E-state index in [1.807, 2.05) is 0 Å². The van der Waals surface area contributed by atoms with Crippen LogP contribution in [-0.2, 0) is 17.6 Å². The van der Waals surface area contributed by atoms with Crippen molar-refractivity contribution in [2.45, 2.75) is 52.1 Å². The summed E-state index contributed by atoms with van der Waals surface area (Å²) in [5, 5.41) is 3.18. The van der Waals surface area contributed by atoms with Gasteiger partial charge in [-0.1, -0.05) is 6.07 Å². The van der Waals surface area contributed by atoms with Crippen LogP contribution in [0.15, 0.2) is 23.2 Å². The lowest BCUT2D eigenvalue weighted by Crippen LogP contribution is -2.23. The third kappa shape index (κ3) is 5.38. The van der Waals surface area contributed by atoms with Gasteiger partial charge < -0.3 is 15.8 Å². The van der Waals surface area contributed by atoms with Gasteiger partial charge in [0, 0.05) is 18.8 Å². The Labute approximate surface area is 127 Å². The number of aliphatic imine (C=N–C) groups is 1. The quantitative estimate of drug-likeness (QED) is 0.460. The van der Waals surface area contributed by atoms with Crippen molar-refractivity contribution >= 4 is 11.6 Å². The summed E-state index contributed by atoms with van der Waals surface area (Å²) in [7, 11) is 0. The Morgan fingerprint density at radius 3 is 2.90 bits per heavy atom. The molecule has 21 heavy (non-hydrogen) atoms. The van der Waals surface area contributed by atoms with Gasteiger partial charge in [0.25, 0.3) is 0 Å². The van der Waals surface area contributed by atoms with E-state index in [1.54, 1.807) is 0 Å². The van der Waals surface area contributed by atoms with Crippen LogP contribution in [0.5, 0.6) is 0 Å². The Balaban J connectivity index is 1.71. The summed E-state index contributed by atoms with van der Waals surface area (Å²) in [5.74, 6) is 0.498. The standard InChI is InChI=1S/C17H27N3O/c1-13(2)21-11-4-3-10-19-17(18)20-16-9-8-14-6-5-7-15(14)12-16/h8-9,12-13H,3-7,10-11H2,1-2H3,(H3,18,19,20). The first-order valence-corrected chi connectivity index (χ1v) is 7.95. The van der Waals surface area contributed by atoms with Crippen molar-refractivity contribution in [3.8, 4) is 0 Å². The summed E-state index contributed by atoms with van der Waals surface area (Å²) in [4.78, 5) is 4.36. The molecular weight excluding hydrogens is 262 g/mol. The minimum absolute atomic E-state index is 0.306. The van der Waals surface area contributed by atoms with Crippen LogP contribution in [0, 0.1) is 0 Å². The average Bonchev–Trinajstić information content (AvgIpc) is 2.89. The van der Waals surface area contributed by atoms with Crippen LogP contribution in [0.3, 0.4) is 0 Å². The van der Waals surface area contributed by atoms with Gasteiger partial charge in [-0.3, -0.25) is 4.99 Å². The zero-order chi connectivity index (χ0) is 15.1. The van der Waals surface area contributed by atoms with Crippen LogP contribution in [-0.4, -0.2) is 25.2 Å². The van der Waals surface area contributed by atoms with Gasteiger partial charge in [-0.15, -0.1) is 0 Å². The molecule has 2 rings (SSSR count). The first-order valence-electron chi connectivity index (χ1n) is 7.95. The number of hydrogen-bond acceptors (Lipinski definition) is 2. The van der Waals surface area contributed by atoms with Gasteiger partial charge in [0.05, 0.1) is 6.10 Å². The molecule has 0 fully saturated rings. The normalized spacial score (nSPS) is 14.5. The second-order valence-electron chi connectivity index (χ2n) is 5.86. The predicted molar refractivity (Wildman–Crippen MR) is 88.9 cm³/mol. The lowest BCUT2D eigenvalue weighted by Gasteiger charge is -2.08. The fourth-order valence-corrected chi connectivity index (χ4v) is 2.57. The summed E-state index contributed by atoms with van der Waals surface area (Å²) in [5.41, 5.74) is 9.88. The molecule has 0 bridgehead atoms. The van der Waals surface area contributed by atoms with E-state index in [0.717, 1.165) is 31.7 Å². The van der Waals surface area contributed by atoms with Crippen LogP contribution >= 0.6 is 0 Å². The van der Waals surface area contributed by atoms with Gasteiger partial charge in [0.2, 0.25) is 0 Å². The Kier molecular flexibility index (Phi) is 6.05. The van der Waals surface area contributed by atoms with Crippen molar-refractivity contribution in [3.63, 3.8) is 0 Å². The molecule has 4 nitrogen and oxygen atoms in total. The van der Waals surface area contributed by atoms with Gasteiger partial charge in [-0.05, 0) is 69.2 Å². The monoisotopic (exact) mass is 289 g/mol. The maximum Gasteiger partial charge on any atom is 0.193 e. The van der Waals surface area contributed by atoms with Crippen molar-refractivity contribution in [1.29, 1.82) is 0 Å². The molecule has 0 amide bonds. The number of anilines is 1. The molecule has 1 aromatic carbocycles. The smallest absolute Gasteiger partial charge is 0.193 e. The lowest BCUT2D eigenvalue weighted by atomic mass is 10.1. The van der Waals surface area contributed by atoms with E-state index in [9.17, 15) is 0 Å². The highest BCUT2D eigenvalue weighted by Gasteiger charge is 2.10. The van der Waals surface area contributed by atoms with E-state index >= 15 is 0 Å². The fourth-order valence-electron chi connectivity index (χ4n) is 2.57. The number of nitrogens with one attached hydrogen (secondary N) is 1. The number of hydrogen-bond donors (Lipinski definition) is 2. The number of aryl methyl sites for hydroxylation is 2. The van der Waals surface area contributed by atoms with Crippen molar-refractivity contribution in [3.05, 3.63) is 29.3 Å². The van der Waals surface area contributed by atoms with Crippen molar-refractivity contribution in [2.24, 2.45) is 10.7 Å². The number of nitrogens with two attached hydrogens (primary N) is 1. The number of unbranched alkanes of at least 4 members (excludes halogenated alkanes) is 1. The Morgan fingerprint density at radius 1 is 1.29 bits per heavy atom. The largest absolute Gasteiger partial charge is 0.379 e. The molecule has 1 aromatic rings. The third-order valence-corrected chi connectivity index (χ3v) is 3.66. The van der Waals surface area contributed by atoms with Crippen LogP contribution in [0.25, 0.3) is 0 Å². The highest BCUT2D eigenvalue weighted by atomic mass is 16.5.